The number of carbonyl (C=O) groups excluding carboxylic acids is 1. The third kappa shape index (κ3) is 3.79. The standard InChI is InChI=1S/C16H24N4O3/c1-11-17-8-14(15(22)18-11)16(23)20-6-5-19(9-12-2-3-12)13(10-20)4-7-21/h8,12-13,21H,2-7,9-10H2,1H3,(H,17,18,22)/t13-/m1/s1. The Labute approximate surface area is 135 Å². The molecule has 7 nitrogen and oxygen atoms in total. The Balaban J connectivity index is 1.70. The second kappa shape index (κ2) is 6.80. The highest BCUT2D eigenvalue weighted by atomic mass is 16.3. The van der Waals surface area contributed by atoms with Gasteiger partial charge in [-0.3, -0.25) is 14.5 Å². The lowest BCUT2D eigenvalue weighted by Crippen LogP contribution is -2.55. The van der Waals surface area contributed by atoms with Crippen LogP contribution in [0.3, 0.4) is 0 Å². The number of aliphatic hydroxyl groups excluding tert-OH is 1. The van der Waals surface area contributed by atoms with Crippen molar-refractivity contribution in [2.24, 2.45) is 5.92 Å². The van der Waals surface area contributed by atoms with Crippen LogP contribution in [0.1, 0.15) is 35.4 Å². The van der Waals surface area contributed by atoms with Crippen LogP contribution < -0.4 is 5.56 Å². The van der Waals surface area contributed by atoms with Gasteiger partial charge in [0.2, 0.25) is 0 Å². The molecule has 0 unspecified atom stereocenters. The van der Waals surface area contributed by atoms with Gasteiger partial charge in [0, 0.05) is 45.0 Å². The Bertz CT molecular complexity index is 626. The summed E-state index contributed by atoms with van der Waals surface area (Å²) in [6, 6.07) is 0.163. The van der Waals surface area contributed by atoms with Gasteiger partial charge >= 0.3 is 0 Å². The number of aryl methyl sites for hydroxylation is 1. The van der Waals surface area contributed by atoms with Crippen LogP contribution in [0.2, 0.25) is 0 Å². The molecule has 2 fully saturated rings. The normalized spacial score (nSPS) is 22.3. The summed E-state index contributed by atoms with van der Waals surface area (Å²) < 4.78 is 0. The minimum absolute atomic E-state index is 0.0917. The zero-order valence-corrected chi connectivity index (χ0v) is 13.5. The molecule has 1 aromatic heterocycles. The molecule has 0 spiro atoms. The van der Waals surface area contributed by atoms with Crippen molar-refractivity contribution in [3.8, 4) is 0 Å². The second-order valence-electron chi connectivity index (χ2n) is 6.57. The van der Waals surface area contributed by atoms with Crippen LogP contribution in [-0.2, 0) is 0 Å². The number of hydrogen-bond acceptors (Lipinski definition) is 5. The van der Waals surface area contributed by atoms with E-state index in [1.54, 1.807) is 11.8 Å². The van der Waals surface area contributed by atoms with Crippen LogP contribution in [0, 0.1) is 12.8 Å². The van der Waals surface area contributed by atoms with Crippen molar-refractivity contribution in [2.45, 2.75) is 32.2 Å². The van der Waals surface area contributed by atoms with Crippen molar-refractivity contribution in [2.75, 3.05) is 32.8 Å². The summed E-state index contributed by atoms with van der Waals surface area (Å²) in [5.74, 6) is 1.01. The minimum Gasteiger partial charge on any atom is -0.396 e. The lowest BCUT2D eigenvalue weighted by atomic mass is 10.1. The molecule has 1 atom stereocenters. The third-order valence-corrected chi connectivity index (χ3v) is 4.70. The fourth-order valence-electron chi connectivity index (χ4n) is 3.18. The van der Waals surface area contributed by atoms with E-state index in [2.05, 4.69) is 14.9 Å². The number of rotatable bonds is 5. The van der Waals surface area contributed by atoms with Gasteiger partial charge < -0.3 is 15.0 Å². The molecule has 1 aromatic rings. The first-order valence-electron chi connectivity index (χ1n) is 8.28. The number of nitrogens with zero attached hydrogens (tertiary/aromatic N) is 3. The average Bonchev–Trinajstić information content (AvgIpc) is 3.33. The van der Waals surface area contributed by atoms with E-state index in [0.717, 1.165) is 19.0 Å². The van der Waals surface area contributed by atoms with Gasteiger partial charge in [-0.25, -0.2) is 4.98 Å². The first kappa shape index (κ1) is 16.1. The van der Waals surface area contributed by atoms with Crippen LogP contribution in [0.15, 0.2) is 11.0 Å². The number of nitrogens with one attached hydrogen (secondary N) is 1. The van der Waals surface area contributed by atoms with E-state index in [0.29, 0.717) is 25.3 Å². The molecule has 2 N–H and O–H groups in total. The van der Waals surface area contributed by atoms with E-state index >= 15 is 0 Å². The van der Waals surface area contributed by atoms with E-state index in [9.17, 15) is 14.7 Å². The Morgan fingerprint density at radius 2 is 2.22 bits per heavy atom. The summed E-state index contributed by atoms with van der Waals surface area (Å²) in [5.41, 5.74) is -0.296. The van der Waals surface area contributed by atoms with Crippen LogP contribution in [0.25, 0.3) is 0 Å². The van der Waals surface area contributed by atoms with E-state index in [1.165, 1.54) is 19.0 Å². The summed E-state index contributed by atoms with van der Waals surface area (Å²) in [6.45, 7) is 4.81. The number of hydrogen-bond donors (Lipinski definition) is 2. The van der Waals surface area contributed by atoms with Crippen molar-refractivity contribution in [1.29, 1.82) is 0 Å². The maximum atomic E-state index is 12.6. The van der Waals surface area contributed by atoms with Gasteiger partial charge in [-0.15, -0.1) is 0 Å². The molecular weight excluding hydrogens is 296 g/mol. The molecule has 126 valence electrons. The van der Waals surface area contributed by atoms with Crippen molar-refractivity contribution in [3.05, 3.63) is 27.9 Å². The summed E-state index contributed by atoms with van der Waals surface area (Å²) in [6.07, 6.45) is 4.58. The number of H-pyrrole nitrogens is 1. The molecule has 1 amide bonds. The fourth-order valence-corrected chi connectivity index (χ4v) is 3.18. The van der Waals surface area contributed by atoms with Crippen molar-refractivity contribution < 1.29 is 9.90 Å². The molecule has 1 aliphatic carbocycles. The van der Waals surface area contributed by atoms with Gasteiger partial charge in [0.15, 0.2) is 0 Å². The molecule has 0 aromatic carbocycles. The summed E-state index contributed by atoms with van der Waals surface area (Å²) in [5, 5.41) is 9.31. The number of aromatic nitrogens is 2. The van der Waals surface area contributed by atoms with Gasteiger partial charge in [0.1, 0.15) is 11.4 Å². The van der Waals surface area contributed by atoms with Crippen LogP contribution in [0.4, 0.5) is 0 Å². The van der Waals surface area contributed by atoms with Crippen molar-refractivity contribution in [1.82, 2.24) is 19.8 Å². The van der Waals surface area contributed by atoms with Crippen molar-refractivity contribution in [3.63, 3.8) is 0 Å². The SMILES string of the molecule is Cc1ncc(C(=O)N2CCN(CC3CC3)[C@H](CCO)C2)c(=O)[nH]1. The Kier molecular flexibility index (Phi) is 4.77. The Hall–Kier alpha value is -1.73. The van der Waals surface area contributed by atoms with Crippen LogP contribution in [-0.4, -0.2) is 69.6 Å². The number of aliphatic hydroxyl groups is 1. The quantitative estimate of drug-likeness (QED) is 0.797. The maximum absolute atomic E-state index is 12.6. The van der Waals surface area contributed by atoms with E-state index < -0.39 is 0 Å². The average molecular weight is 320 g/mol. The number of piperazine rings is 1. The van der Waals surface area contributed by atoms with Crippen LogP contribution >= 0.6 is 0 Å². The van der Waals surface area contributed by atoms with Gasteiger partial charge in [-0.05, 0) is 32.1 Å². The second-order valence-corrected chi connectivity index (χ2v) is 6.57. The van der Waals surface area contributed by atoms with Crippen molar-refractivity contribution >= 4 is 5.91 Å². The highest BCUT2D eigenvalue weighted by Crippen LogP contribution is 2.31. The third-order valence-electron chi connectivity index (χ3n) is 4.70. The molecule has 23 heavy (non-hydrogen) atoms. The molecule has 7 heteroatoms. The van der Waals surface area contributed by atoms with Crippen LogP contribution in [0.5, 0.6) is 0 Å². The lowest BCUT2D eigenvalue weighted by Gasteiger charge is -2.41. The summed E-state index contributed by atoms with van der Waals surface area (Å²) >= 11 is 0. The summed E-state index contributed by atoms with van der Waals surface area (Å²) in [7, 11) is 0. The number of amides is 1. The van der Waals surface area contributed by atoms with Gasteiger partial charge in [-0.1, -0.05) is 0 Å². The molecular formula is C16H24N4O3. The van der Waals surface area contributed by atoms with E-state index in [-0.39, 0.29) is 29.7 Å². The molecule has 2 aliphatic rings. The largest absolute Gasteiger partial charge is 0.396 e. The zero-order chi connectivity index (χ0) is 16.4. The molecule has 2 heterocycles. The zero-order valence-electron chi connectivity index (χ0n) is 13.5. The Morgan fingerprint density at radius 1 is 1.43 bits per heavy atom. The topological polar surface area (TPSA) is 89.5 Å². The first-order valence-corrected chi connectivity index (χ1v) is 8.28. The van der Waals surface area contributed by atoms with E-state index in [4.69, 9.17) is 0 Å². The molecule has 1 saturated carbocycles. The molecule has 1 aliphatic heterocycles. The highest BCUT2D eigenvalue weighted by Gasteiger charge is 2.34. The van der Waals surface area contributed by atoms with E-state index in [1.807, 2.05) is 0 Å². The maximum Gasteiger partial charge on any atom is 0.263 e. The molecule has 3 rings (SSSR count). The predicted molar refractivity (Wildman–Crippen MR) is 85.3 cm³/mol. The summed E-state index contributed by atoms with van der Waals surface area (Å²) in [4.78, 5) is 35.3. The molecule has 0 radical (unpaired) electrons. The van der Waals surface area contributed by atoms with Gasteiger partial charge in [0.25, 0.3) is 11.5 Å². The highest BCUT2D eigenvalue weighted by molar-refractivity contribution is 5.93. The lowest BCUT2D eigenvalue weighted by molar-refractivity contribution is 0.0405. The monoisotopic (exact) mass is 320 g/mol. The number of aromatic amines is 1. The molecule has 0 bridgehead atoms. The van der Waals surface area contributed by atoms with Gasteiger partial charge in [0.05, 0.1) is 0 Å². The first-order chi connectivity index (χ1) is 11.1. The smallest absolute Gasteiger partial charge is 0.263 e. The van der Waals surface area contributed by atoms with Gasteiger partial charge in [-0.2, -0.15) is 0 Å². The number of carbonyl (C=O) groups is 1. The fraction of sp³-hybridized carbons (Fsp3) is 0.688. The minimum atomic E-state index is -0.387. The predicted octanol–water partition coefficient (Wildman–Crippen LogP) is -0.00288. The Morgan fingerprint density at radius 3 is 2.87 bits per heavy atom. The molecule has 1 saturated heterocycles.